The summed E-state index contributed by atoms with van der Waals surface area (Å²) in [6.07, 6.45) is 2.08. The van der Waals surface area contributed by atoms with E-state index in [4.69, 9.17) is 9.47 Å². The molecule has 0 amide bonds. The Morgan fingerprint density at radius 3 is 2.37 bits per heavy atom. The van der Waals surface area contributed by atoms with Crippen LogP contribution in [-0.2, 0) is 15.1 Å². The van der Waals surface area contributed by atoms with Crippen LogP contribution in [0.15, 0.2) is 22.7 Å². The Morgan fingerprint density at radius 1 is 1.11 bits per heavy atom. The van der Waals surface area contributed by atoms with E-state index in [1.54, 1.807) is 12.1 Å². The first-order chi connectivity index (χ1) is 9.03. The maximum absolute atomic E-state index is 13.9. The molecule has 0 atom stereocenters. The fourth-order valence-corrected chi connectivity index (χ4v) is 3.31. The largest absolute Gasteiger partial charge is 0.385 e. The molecule has 19 heavy (non-hydrogen) atoms. The van der Waals surface area contributed by atoms with Crippen molar-refractivity contribution in [3.8, 4) is 0 Å². The lowest BCUT2D eigenvalue weighted by Crippen LogP contribution is -2.42. The molecule has 1 heterocycles. The number of aliphatic hydroxyl groups is 1. The van der Waals surface area contributed by atoms with Crippen molar-refractivity contribution in [1.29, 1.82) is 0 Å². The minimum Gasteiger partial charge on any atom is -0.385 e. The zero-order chi connectivity index (χ0) is 13.5. The van der Waals surface area contributed by atoms with Crippen molar-refractivity contribution in [2.75, 3.05) is 13.2 Å². The molecule has 3 nitrogen and oxygen atoms in total. The van der Waals surface area contributed by atoms with Crippen LogP contribution in [0.25, 0.3) is 0 Å². The van der Waals surface area contributed by atoms with E-state index in [1.165, 1.54) is 6.07 Å². The highest BCUT2D eigenvalue weighted by molar-refractivity contribution is 9.10. The zero-order valence-electron chi connectivity index (χ0n) is 10.5. The Kier molecular flexibility index (Phi) is 3.41. The number of benzene rings is 1. The molecule has 104 valence electrons. The Morgan fingerprint density at radius 2 is 1.74 bits per heavy atom. The first-order valence-corrected chi connectivity index (χ1v) is 7.28. The normalized spacial score (nSPS) is 24.8. The number of ether oxygens (including phenoxy) is 2. The van der Waals surface area contributed by atoms with Crippen molar-refractivity contribution in [2.24, 2.45) is 0 Å². The van der Waals surface area contributed by atoms with Gasteiger partial charge in [-0.15, -0.1) is 0 Å². The second kappa shape index (κ2) is 4.81. The maximum atomic E-state index is 13.9. The fourth-order valence-electron chi connectivity index (χ4n) is 2.95. The summed E-state index contributed by atoms with van der Waals surface area (Å²) in [5.74, 6) is -0.913. The van der Waals surface area contributed by atoms with Crippen LogP contribution >= 0.6 is 15.9 Å². The number of hydrogen-bond acceptors (Lipinski definition) is 3. The molecule has 0 unspecified atom stereocenters. The second-order valence-corrected chi connectivity index (χ2v) is 6.18. The van der Waals surface area contributed by atoms with E-state index in [0.29, 0.717) is 44.5 Å². The molecule has 1 saturated heterocycles. The number of rotatable bonds is 1. The van der Waals surface area contributed by atoms with Crippen molar-refractivity contribution in [3.63, 3.8) is 0 Å². The molecule has 1 saturated carbocycles. The van der Waals surface area contributed by atoms with E-state index in [0.717, 1.165) is 4.47 Å². The number of halogens is 2. The zero-order valence-corrected chi connectivity index (χ0v) is 12.1. The first-order valence-electron chi connectivity index (χ1n) is 6.49. The summed E-state index contributed by atoms with van der Waals surface area (Å²) in [5.41, 5.74) is -0.774. The van der Waals surface area contributed by atoms with Crippen LogP contribution in [0.4, 0.5) is 4.39 Å². The Labute approximate surface area is 119 Å². The highest BCUT2D eigenvalue weighted by atomic mass is 79.9. The molecular formula is C14H16BrFO3. The molecule has 0 aromatic heterocycles. The summed E-state index contributed by atoms with van der Waals surface area (Å²) in [4.78, 5) is 0. The van der Waals surface area contributed by atoms with Gasteiger partial charge in [0.2, 0.25) is 0 Å². The lowest BCUT2D eigenvalue weighted by Gasteiger charge is -2.40. The van der Waals surface area contributed by atoms with Gasteiger partial charge < -0.3 is 14.6 Å². The topological polar surface area (TPSA) is 38.7 Å². The van der Waals surface area contributed by atoms with Crippen LogP contribution in [0, 0.1) is 5.82 Å². The summed E-state index contributed by atoms with van der Waals surface area (Å²) in [5, 5.41) is 10.7. The van der Waals surface area contributed by atoms with Gasteiger partial charge in [0.25, 0.3) is 0 Å². The molecule has 2 fully saturated rings. The van der Waals surface area contributed by atoms with E-state index in [9.17, 15) is 9.50 Å². The molecule has 0 bridgehead atoms. The van der Waals surface area contributed by atoms with Crippen LogP contribution in [-0.4, -0.2) is 24.1 Å². The summed E-state index contributed by atoms with van der Waals surface area (Å²) in [7, 11) is 0. The van der Waals surface area contributed by atoms with Crippen molar-refractivity contribution >= 4 is 15.9 Å². The van der Waals surface area contributed by atoms with E-state index < -0.39 is 11.4 Å². The van der Waals surface area contributed by atoms with E-state index >= 15 is 0 Å². The van der Waals surface area contributed by atoms with Crippen molar-refractivity contribution < 1.29 is 19.0 Å². The summed E-state index contributed by atoms with van der Waals surface area (Å²) < 4.78 is 26.0. The van der Waals surface area contributed by atoms with Crippen LogP contribution in [0.2, 0.25) is 0 Å². The van der Waals surface area contributed by atoms with Crippen molar-refractivity contribution in [3.05, 3.63) is 34.1 Å². The highest BCUT2D eigenvalue weighted by Gasteiger charge is 2.47. The van der Waals surface area contributed by atoms with Gasteiger partial charge >= 0.3 is 0 Å². The SMILES string of the molecule is OC1(c2cc(Br)ccc2F)CCC2(CC1)OCCO2. The Balaban J connectivity index is 1.83. The predicted octanol–water partition coefficient (Wildman–Crippen LogP) is 3.09. The van der Waals surface area contributed by atoms with E-state index in [2.05, 4.69) is 15.9 Å². The molecule has 1 aromatic rings. The van der Waals surface area contributed by atoms with E-state index in [-0.39, 0.29) is 5.82 Å². The first kappa shape index (κ1) is 13.5. The van der Waals surface area contributed by atoms with Gasteiger partial charge in [0, 0.05) is 22.9 Å². The van der Waals surface area contributed by atoms with Gasteiger partial charge in [-0.1, -0.05) is 15.9 Å². The standard InChI is InChI=1S/C14H16BrFO3/c15-10-1-2-12(16)11(9-10)13(17)3-5-14(6-4-13)18-7-8-19-14/h1-2,9,17H,3-8H2. The predicted molar refractivity (Wildman–Crippen MR) is 71.1 cm³/mol. The number of hydrogen-bond donors (Lipinski definition) is 1. The third-order valence-electron chi connectivity index (χ3n) is 4.08. The van der Waals surface area contributed by atoms with Crippen LogP contribution < -0.4 is 0 Å². The monoisotopic (exact) mass is 330 g/mol. The lowest BCUT2D eigenvalue weighted by atomic mass is 9.77. The minimum absolute atomic E-state index is 0.356. The molecule has 1 aliphatic heterocycles. The summed E-state index contributed by atoms with van der Waals surface area (Å²) >= 11 is 3.32. The van der Waals surface area contributed by atoms with Gasteiger partial charge in [-0.25, -0.2) is 4.39 Å². The van der Waals surface area contributed by atoms with Crippen LogP contribution in [0.3, 0.4) is 0 Å². The minimum atomic E-state index is -1.13. The molecule has 1 aromatic carbocycles. The maximum Gasteiger partial charge on any atom is 0.168 e. The quantitative estimate of drug-likeness (QED) is 0.859. The fraction of sp³-hybridized carbons (Fsp3) is 0.571. The van der Waals surface area contributed by atoms with Gasteiger partial charge in [-0.3, -0.25) is 0 Å². The Bertz CT molecular complexity index is 476. The second-order valence-electron chi connectivity index (χ2n) is 5.26. The highest BCUT2D eigenvalue weighted by Crippen LogP contribution is 2.45. The van der Waals surface area contributed by atoms with Gasteiger partial charge in [0.15, 0.2) is 5.79 Å². The summed E-state index contributed by atoms with van der Waals surface area (Å²) in [6.45, 7) is 1.20. The molecule has 1 aliphatic carbocycles. The molecule has 3 rings (SSSR count). The molecular weight excluding hydrogens is 315 g/mol. The van der Waals surface area contributed by atoms with Gasteiger partial charge in [-0.2, -0.15) is 0 Å². The van der Waals surface area contributed by atoms with E-state index in [1.807, 2.05) is 0 Å². The molecule has 2 aliphatic rings. The molecule has 5 heteroatoms. The summed E-state index contributed by atoms with van der Waals surface area (Å²) in [6, 6.07) is 4.67. The third kappa shape index (κ3) is 2.44. The molecule has 1 N–H and O–H groups in total. The van der Waals surface area contributed by atoms with Crippen LogP contribution in [0.5, 0.6) is 0 Å². The average Bonchev–Trinajstić information content (AvgIpc) is 2.85. The Hall–Kier alpha value is -0.490. The van der Waals surface area contributed by atoms with Gasteiger partial charge in [-0.05, 0) is 31.0 Å². The van der Waals surface area contributed by atoms with Gasteiger partial charge in [0.1, 0.15) is 5.82 Å². The van der Waals surface area contributed by atoms with Crippen LogP contribution in [0.1, 0.15) is 31.2 Å². The van der Waals surface area contributed by atoms with Gasteiger partial charge in [0.05, 0.1) is 18.8 Å². The van der Waals surface area contributed by atoms with Crippen molar-refractivity contribution in [1.82, 2.24) is 0 Å². The smallest absolute Gasteiger partial charge is 0.168 e. The molecule has 1 spiro atoms. The lowest BCUT2D eigenvalue weighted by molar-refractivity contribution is -0.204. The average molecular weight is 331 g/mol. The third-order valence-corrected chi connectivity index (χ3v) is 4.58. The molecule has 0 radical (unpaired) electrons. The van der Waals surface area contributed by atoms with Crippen molar-refractivity contribution in [2.45, 2.75) is 37.1 Å².